The lowest BCUT2D eigenvalue weighted by Gasteiger charge is -2.34. The Kier molecular flexibility index (Phi) is 5.53. The van der Waals surface area contributed by atoms with Crippen LogP contribution >= 0.6 is 0 Å². The molecule has 0 aliphatic carbocycles. The lowest BCUT2D eigenvalue weighted by molar-refractivity contribution is 0.0676. The largest absolute Gasteiger partial charge is 0.486 e. The summed E-state index contributed by atoms with van der Waals surface area (Å²) in [6, 6.07) is 11.7. The Balaban J connectivity index is 1.45. The maximum atomic E-state index is 13.1. The molecule has 3 aromatic rings. The molecule has 2 N–H and O–H groups in total. The number of hydrogen-bond donors (Lipinski definition) is 1. The normalized spacial score (nSPS) is 16.2. The van der Waals surface area contributed by atoms with E-state index in [0.29, 0.717) is 23.8 Å². The van der Waals surface area contributed by atoms with Crippen molar-refractivity contribution in [1.29, 1.82) is 0 Å². The number of rotatable bonds is 5. The van der Waals surface area contributed by atoms with Crippen LogP contribution in [0.1, 0.15) is 41.4 Å². The van der Waals surface area contributed by atoms with E-state index in [4.69, 9.17) is 10.5 Å². The maximum Gasteiger partial charge on any atom is 0.257 e. The predicted octanol–water partition coefficient (Wildman–Crippen LogP) is 3.42. The Labute approximate surface area is 171 Å². The molecule has 29 heavy (non-hydrogen) atoms. The van der Waals surface area contributed by atoms with Gasteiger partial charge >= 0.3 is 0 Å². The molecule has 1 fully saturated rings. The van der Waals surface area contributed by atoms with Crippen LogP contribution < -0.4 is 10.5 Å². The number of likely N-dealkylation sites (tertiary alicyclic amines) is 1. The highest BCUT2D eigenvalue weighted by Gasteiger charge is 2.26. The number of aromatic nitrogens is 2. The van der Waals surface area contributed by atoms with Gasteiger partial charge in [0, 0.05) is 31.5 Å². The Morgan fingerprint density at radius 2 is 1.97 bits per heavy atom. The number of amides is 1. The first-order valence-corrected chi connectivity index (χ1v) is 10.2. The van der Waals surface area contributed by atoms with Crippen LogP contribution in [0.3, 0.4) is 0 Å². The Morgan fingerprint density at radius 3 is 2.72 bits per heavy atom. The van der Waals surface area contributed by atoms with Crippen LogP contribution in [0.15, 0.2) is 48.8 Å². The number of para-hydroxylation sites is 1. The van der Waals surface area contributed by atoms with Crippen LogP contribution in [0.4, 0.5) is 0 Å². The van der Waals surface area contributed by atoms with Gasteiger partial charge in [-0.1, -0.05) is 18.2 Å². The van der Waals surface area contributed by atoms with Crippen molar-refractivity contribution in [2.24, 2.45) is 11.7 Å². The van der Waals surface area contributed by atoms with Crippen molar-refractivity contribution in [3.8, 4) is 5.75 Å². The summed E-state index contributed by atoms with van der Waals surface area (Å²) in [5.74, 6) is 1.11. The summed E-state index contributed by atoms with van der Waals surface area (Å²) >= 11 is 0. The van der Waals surface area contributed by atoms with Crippen molar-refractivity contribution in [2.45, 2.75) is 39.3 Å². The van der Waals surface area contributed by atoms with E-state index >= 15 is 0 Å². The van der Waals surface area contributed by atoms with Crippen LogP contribution in [0.25, 0.3) is 5.65 Å². The van der Waals surface area contributed by atoms with Crippen molar-refractivity contribution >= 4 is 11.6 Å². The first kappa shape index (κ1) is 19.5. The van der Waals surface area contributed by atoms with Gasteiger partial charge in [0.1, 0.15) is 18.0 Å². The van der Waals surface area contributed by atoms with E-state index in [1.807, 2.05) is 65.0 Å². The fourth-order valence-corrected chi connectivity index (χ4v) is 3.94. The molecule has 2 aromatic heterocycles. The number of benzene rings is 1. The molecule has 4 rings (SSSR count). The lowest BCUT2D eigenvalue weighted by atomic mass is 9.90. The number of pyridine rings is 1. The molecule has 0 spiro atoms. The highest BCUT2D eigenvalue weighted by molar-refractivity contribution is 5.97. The van der Waals surface area contributed by atoms with Crippen LogP contribution in [0.2, 0.25) is 0 Å². The van der Waals surface area contributed by atoms with Crippen molar-refractivity contribution in [1.82, 2.24) is 14.3 Å². The molecule has 1 aliphatic heterocycles. The molecular weight excluding hydrogens is 364 g/mol. The first-order chi connectivity index (χ1) is 14.0. The van der Waals surface area contributed by atoms with Gasteiger partial charge in [0.15, 0.2) is 0 Å². The zero-order valence-electron chi connectivity index (χ0n) is 17.0. The van der Waals surface area contributed by atoms with Gasteiger partial charge in [-0.05, 0) is 56.4 Å². The Bertz CT molecular complexity index is 1000. The standard InChI is InChI=1S/C23H28N4O2/c1-16-7-8-22-25-19(14-27(22)13-16)15-29-21-6-4-3-5-20(21)23(28)26-11-9-18(10-12-26)17(2)24/h3-8,13-14,17-18H,9-12,15,24H2,1-2H3. The molecular formula is C23H28N4O2. The van der Waals surface area contributed by atoms with Gasteiger partial charge in [-0.3, -0.25) is 4.79 Å². The average molecular weight is 393 g/mol. The molecule has 0 bridgehead atoms. The second-order valence-corrected chi connectivity index (χ2v) is 7.98. The third-order valence-corrected chi connectivity index (χ3v) is 5.71. The van der Waals surface area contributed by atoms with E-state index in [-0.39, 0.29) is 11.9 Å². The summed E-state index contributed by atoms with van der Waals surface area (Å²) in [5, 5.41) is 0. The van der Waals surface area contributed by atoms with Gasteiger partial charge in [0.05, 0.1) is 11.3 Å². The SMILES string of the molecule is Cc1ccc2nc(COc3ccccc3C(=O)N3CCC(C(C)N)CC3)cn2c1. The number of hydrogen-bond acceptors (Lipinski definition) is 4. The third kappa shape index (κ3) is 4.27. The summed E-state index contributed by atoms with van der Waals surface area (Å²) in [6.45, 7) is 5.90. The van der Waals surface area contributed by atoms with Gasteiger partial charge in [-0.15, -0.1) is 0 Å². The fourth-order valence-electron chi connectivity index (χ4n) is 3.94. The second-order valence-electron chi connectivity index (χ2n) is 7.98. The third-order valence-electron chi connectivity index (χ3n) is 5.71. The zero-order chi connectivity index (χ0) is 20.4. The van der Waals surface area contributed by atoms with Crippen LogP contribution in [-0.2, 0) is 6.61 Å². The summed E-state index contributed by atoms with van der Waals surface area (Å²) in [7, 11) is 0. The maximum absolute atomic E-state index is 13.1. The van der Waals surface area contributed by atoms with Gasteiger partial charge in [-0.25, -0.2) is 4.98 Å². The smallest absolute Gasteiger partial charge is 0.257 e. The summed E-state index contributed by atoms with van der Waals surface area (Å²) in [4.78, 5) is 19.6. The zero-order valence-corrected chi connectivity index (χ0v) is 17.0. The molecule has 1 aromatic carbocycles. The quantitative estimate of drug-likeness (QED) is 0.722. The fraction of sp³-hybridized carbons (Fsp3) is 0.391. The molecule has 1 atom stereocenters. The molecule has 1 saturated heterocycles. The highest BCUT2D eigenvalue weighted by atomic mass is 16.5. The van der Waals surface area contributed by atoms with Crippen molar-refractivity contribution in [3.63, 3.8) is 0 Å². The molecule has 1 amide bonds. The number of ether oxygens (including phenoxy) is 1. The van der Waals surface area contributed by atoms with E-state index in [1.54, 1.807) is 0 Å². The molecule has 1 aliphatic rings. The highest BCUT2D eigenvalue weighted by Crippen LogP contribution is 2.25. The average Bonchev–Trinajstić information content (AvgIpc) is 3.14. The molecule has 152 valence electrons. The number of carbonyl (C=O) groups is 1. The monoisotopic (exact) mass is 392 g/mol. The van der Waals surface area contributed by atoms with Crippen molar-refractivity contribution in [3.05, 3.63) is 65.6 Å². The minimum absolute atomic E-state index is 0.0225. The summed E-state index contributed by atoms with van der Waals surface area (Å²) < 4.78 is 8.00. The van der Waals surface area contributed by atoms with E-state index in [0.717, 1.165) is 37.3 Å². The van der Waals surface area contributed by atoms with Crippen molar-refractivity contribution < 1.29 is 9.53 Å². The van der Waals surface area contributed by atoms with Crippen molar-refractivity contribution in [2.75, 3.05) is 13.1 Å². The lowest BCUT2D eigenvalue weighted by Crippen LogP contribution is -2.42. The van der Waals surface area contributed by atoms with E-state index in [1.165, 1.54) is 5.56 Å². The number of nitrogens with zero attached hydrogens (tertiary/aromatic N) is 3. The number of fused-ring (bicyclic) bond motifs is 1. The number of carbonyl (C=O) groups excluding carboxylic acids is 1. The van der Waals surface area contributed by atoms with E-state index in [2.05, 4.69) is 11.9 Å². The number of imidazole rings is 1. The van der Waals surface area contributed by atoms with Crippen LogP contribution in [0, 0.1) is 12.8 Å². The first-order valence-electron chi connectivity index (χ1n) is 10.2. The molecule has 0 radical (unpaired) electrons. The van der Waals surface area contributed by atoms with Crippen LogP contribution in [0.5, 0.6) is 5.75 Å². The van der Waals surface area contributed by atoms with Gasteiger partial charge in [0.2, 0.25) is 0 Å². The van der Waals surface area contributed by atoms with Gasteiger partial charge in [-0.2, -0.15) is 0 Å². The molecule has 1 unspecified atom stereocenters. The number of piperidine rings is 1. The molecule has 3 heterocycles. The van der Waals surface area contributed by atoms with Gasteiger partial charge in [0.25, 0.3) is 5.91 Å². The Hall–Kier alpha value is -2.86. The Morgan fingerprint density at radius 1 is 1.21 bits per heavy atom. The minimum atomic E-state index is 0.0225. The summed E-state index contributed by atoms with van der Waals surface area (Å²) in [5.41, 5.74) is 9.51. The molecule has 6 nitrogen and oxygen atoms in total. The summed E-state index contributed by atoms with van der Waals surface area (Å²) in [6.07, 6.45) is 5.90. The molecule has 0 saturated carbocycles. The van der Waals surface area contributed by atoms with Gasteiger partial charge < -0.3 is 19.8 Å². The van der Waals surface area contributed by atoms with E-state index < -0.39 is 0 Å². The predicted molar refractivity (Wildman–Crippen MR) is 113 cm³/mol. The number of aryl methyl sites for hydroxylation is 1. The molecule has 6 heteroatoms. The second kappa shape index (κ2) is 8.25. The van der Waals surface area contributed by atoms with Crippen LogP contribution in [-0.4, -0.2) is 39.3 Å². The topological polar surface area (TPSA) is 72.9 Å². The minimum Gasteiger partial charge on any atom is -0.486 e. The number of nitrogens with two attached hydrogens (primary N) is 1. The van der Waals surface area contributed by atoms with E-state index in [9.17, 15) is 4.79 Å².